The smallest absolute Gasteiger partial charge is 0.372 e. The summed E-state index contributed by atoms with van der Waals surface area (Å²) in [5, 5.41) is 9.40. The summed E-state index contributed by atoms with van der Waals surface area (Å²) in [5.41, 5.74) is -1.99. The van der Waals surface area contributed by atoms with Crippen LogP contribution in [0.15, 0.2) is 0 Å². The van der Waals surface area contributed by atoms with Gasteiger partial charge in [-0.1, -0.05) is 0 Å². The van der Waals surface area contributed by atoms with Crippen LogP contribution in [0.3, 0.4) is 0 Å². The first kappa shape index (κ1) is 12.2. The molecule has 94 valence electrons. The predicted octanol–water partition coefficient (Wildman–Crippen LogP) is -0.390. The number of carbonyl (C=O) groups is 3. The Balaban J connectivity index is 2.27. The van der Waals surface area contributed by atoms with Gasteiger partial charge in [0, 0.05) is 6.42 Å². The third kappa shape index (κ3) is 1.77. The van der Waals surface area contributed by atoms with Crippen LogP contribution in [0.25, 0.3) is 0 Å². The summed E-state index contributed by atoms with van der Waals surface area (Å²) >= 11 is 1.26. The number of ether oxygens (including phenoxy) is 1. The Hall–Kier alpha value is -1.28. The van der Waals surface area contributed by atoms with Crippen molar-refractivity contribution in [1.82, 2.24) is 5.06 Å². The van der Waals surface area contributed by atoms with Crippen molar-refractivity contribution >= 4 is 29.6 Å². The number of aliphatic carboxylic acids is 1. The Morgan fingerprint density at radius 2 is 2.29 bits per heavy atom. The molecule has 2 fully saturated rings. The summed E-state index contributed by atoms with van der Waals surface area (Å²) in [5.74, 6) is -2.51. The molecule has 2 rings (SSSR count). The molecule has 2 aliphatic rings. The zero-order valence-corrected chi connectivity index (χ0v) is 9.86. The Morgan fingerprint density at radius 1 is 1.59 bits per heavy atom. The number of hydroxylamine groups is 2. The van der Waals surface area contributed by atoms with Gasteiger partial charge in [-0.05, 0) is 6.26 Å². The van der Waals surface area contributed by atoms with Crippen LogP contribution in [0.2, 0.25) is 0 Å². The fourth-order valence-corrected chi connectivity index (χ4v) is 2.30. The first-order chi connectivity index (χ1) is 8.01. The van der Waals surface area contributed by atoms with Gasteiger partial charge in [-0.2, -0.15) is 5.06 Å². The molecule has 0 radical (unpaired) electrons. The SMILES string of the molecule is CSC1CON(C2(C(=O)O)CCC(=O)O2)C1=O. The molecule has 0 bridgehead atoms. The van der Waals surface area contributed by atoms with Crippen molar-refractivity contribution < 1.29 is 29.1 Å². The molecule has 1 N–H and O–H groups in total. The lowest BCUT2D eigenvalue weighted by Gasteiger charge is -2.30. The normalized spacial score (nSPS) is 33.0. The molecule has 7 nitrogen and oxygen atoms in total. The number of nitrogens with zero attached hydrogens (tertiary/aromatic N) is 1. The molecule has 1 amide bonds. The van der Waals surface area contributed by atoms with Crippen LogP contribution in [0.1, 0.15) is 12.8 Å². The Morgan fingerprint density at radius 3 is 2.71 bits per heavy atom. The molecule has 0 aromatic rings. The van der Waals surface area contributed by atoms with Gasteiger partial charge in [-0.3, -0.25) is 14.4 Å². The van der Waals surface area contributed by atoms with Crippen molar-refractivity contribution in [3.63, 3.8) is 0 Å². The number of cyclic esters (lactones) is 1. The number of rotatable bonds is 3. The van der Waals surface area contributed by atoms with Crippen LogP contribution in [0, 0.1) is 0 Å². The lowest BCUT2D eigenvalue weighted by atomic mass is 10.1. The first-order valence-corrected chi connectivity index (χ1v) is 6.25. The quantitative estimate of drug-likeness (QED) is 0.691. The van der Waals surface area contributed by atoms with E-state index in [4.69, 9.17) is 14.7 Å². The molecule has 2 aliphatic heterocycles. The number of carbonyl (C=O) groups excluding carboxylic acids is 2. The van der Waals surface area contributed by atoms with Gasteiger partial charge in [-0.15, -0.1) is 11.8 Å². The van der Waals surface area contributed by atoms with E-state index in [0.29, 0.717) is 5.06 Å². The summed E-state index contributed by atoms with van der Waals surface area (Å²) in [6.07, 6.45) is 1.60. The topological polar surface area (TPSA) is 93.1 Å². The van der Waals surface area contributed by atoms with Gasteiger partial charge < -0.3 is 9.84 Å². The lowest BCUT2D eigenvalue weighted by molar-refractivity contribution is -0.256. The zero-order chi connectivity index (χ0) is 12.6. The molecule has 2 saturated heterocycles. The summed E-state index contributed by atoms with van der Waals surface area (Å²) in [4.78, 5) is 39.3. The number of carboxylic acids is 1. The predicted molar refractivity (Wildman–Crippen MR) is 55.8 cm³/mol. The fourth-order valence-electron chi connectivity index (χ4n) is 1.80. The van der Waals surface area contributed by atoms with Crippen LogP contribution in [-0.4, -0.2) is 51.9 Å². The molecular formula is C9H11NO6S. The molecule has 8 heteroatoms. The molecule has 0 saturated carbocycles. The van der Waals surface area contributed by atoms with Crippen molar-refractivity contribution in [2.24, 2.45) is 0 Å². The van der Waals surface area contributed by atoms with Crippen molar-refractivity contribution in [3.05, 3.63) is 0 Å². The molecule has 0 aliphatic carbocycles. The van der Waals surface area contributed by atoms with Gasteiger partial charge in [0.15, 0.2) is 0 Å². The standard InChI is InChI=1S/C9H11NO6S/c1-17-5-4-15-10(7(5)12)9(8(13)14)3-2-6(11)16-9/h5H,2-4H2,1H3,(H,13,14). The monoisotopic (exact) mass is 261 g/mol. The van der Waals surface area contributed by atoms with E-state index in [2.05, 4.69) is 0 Å². The van der Waals surface area contributed by atoms with Crippen molar-refractivity contribution in [1.29, 1.82) is 0 Å². The molecule has 2 heterocycles. The second kappa shape index (κ2) is 4.19. The molecule has 0 spiro atoms. The Labute approximate surface area is 101 Å². The lowest BCUT2D eigenvalue weighted by Crippen LogP contribution is -2.55. The summed E-state index contributed by atoms with van der Waals surface area (Å²) in [6.45, 7) is 0.0899. The van der Waals surface area contributed by atoms with E-state index >= 15 is 0 Å². The number of amides is 1. The number of hydrogen-bond acceptors (Lipinski definition) is 6. The van der Waals surface area contributed by atoms with Crippen molar-refractivity contribution in [3.8, 4) is 0 Å². The maximum Gasteiger partial charge on any atom is 0.372 e. The first-order valence-electron chi connectivity index (χ1n) is 4.96. The van der Waals surface area contributed by atoms with Crippen LogP contribution < -0.4 is 0 Å². The number of hydrogen-bond donors (Lipinski definition) is 1. The summed E-state index contributed by atoms with van der Waals surface area (Å²) in [6, 6.07) is 0. The highest BCUT2D eigenvalue weighted by Gasteiger charge is 2.58. The van der Waals surface area contributed by atoms with Gasteiger partial charge in [0.2, 0.25) is 0 Å². The van der Waals surface area contributed by atoms with E-state index in [0.717, 1.165) is 0 Å². The fraction of sp³-hybridized carbons (Fsp3) is 0.667. The van der Waals surface area contributed by atoms with E-state index < -0.39 is 28.8 Å². The highest BCUT2D eigenvalue weighted by Crippen LogP contribution is 2.35. The van der Waals surface area contributed by atoms with Crippen LogP contribution in [0.4, 0.5) is 0 Å². The highest BCUT2D eigenvalue weighted by atomic mass is 32.2. The van der Waals surface area contributed by atoms with E-state index in [-0.39, 0.29) is 19.4 Å². The van der Waals surface area contributed by atoms with Gasteiger partial charge in [-0.25, -0.2) is 4.79 Å². The number of esters is 1. The van der Waals surface area contributed by atoms with E-state index in [1.54, 1.807) is 6.26 Å². The van der Waals surface area contributed by atoms with Crippen molar-refractivity contribution in [2.45, 2.75) is 23.8 Å². The molecule has 0 aromatic carbocycles. The Bertz CT molecular complexity index is 386. The maximum atomic E-state index is 11.9. The maximum absolute atomic E-state index is 11.9. The minimum absolute atomic E-state index is 0.0383. The average Bonchev–Trinajstić information content (AvgIpc) is 2.83. The van der Waals surface area contributed by atoms with Gasteiger partial charge >= 0.3 is 17.7 Å². The van der Waals surface area contributed by atoms with E-state index in [1.807, 2.05) is 0 Å². The summed E-state index contributed by atoms with van der Waals surface area (Å²) in [7, 11) is 0. The average molecular weight is 261 g/mol. The Kier molecular flexibility index (Phi) is 3.00. The van der Waals surface area contributed by atoms with E-state index in [9.17, 15) is 14.4 Å². The molecular weight excluding hydrogens is 250 g/mol. The van der Waals surface area contributed by atoms with Crippen LogP contribution >= 0.6 is 11.8 Å². The molecule has 17 heavy (non-hydrogen) atoms. The zero-order valence-electron chi connectivity index (χ0n) is 9.04. The van der Waals surface area contributed by atoms with E-state index in [1.165, 1.54) is 11.8 Å². The third-order valence-corrected chi connectivity index (χ3v) is 3.63. The van der Waals surface area contributed by atoms with Crippen LogP contribution in [-0.2, 0) is 24.0 Å². The van der Waals surface area contributed by atoms with Crippen LogP contribution in [0.5, 0.6) is 0 Å². The largest absolute Gasteiger partial charge is 0.477 e. The number of carboxylic acid groups (broad SMARTS) is 1. The second-order valence-corrected chi connectivity index (χ2v) is 4.76. The minimum atomic E-state index is -1.99. The molecule has 0 aromatic heterocycles. The molecule has 2 unspecified atom stereocenters. The molecule has 2 atom stereocenters. The number of thioether (sulfide) groups is 1. The highest BCUT2D eigenvalue weighted by molar-refractivity contribution is 7.99. The summed E-state index contributed by atoms with van der Waals surface area (Å²) < 4.78 is 4.79. The second-order valence-electron chi connectivity index (χ2n) is 3.72. The van der Waals surface area contributed by atoms with Gasteiger partial charge in [0.25, 0.3) is 5.91 Å². The van der Waals surface area contributed by atoms with Crippen molar-refractivity contribution in [2.75, 3.05) is 12.9 Å². The minimum Gasteiger partial charge on any atom is -0.477 e. The van der Waals surface area contributed by atoms with Gasteiger partial charge in [0.05, 0.1) is 13.0 Å². The van der Waals surface area contributed by atoms with Gasteiger partial charge in [0.1, 0.15) is 5.25 Å². The third-order valence-electron chi connectivity index (χ3n) is 2.73.